The van der Waals surface area contributed by atoms with Crippen LogP contribution in [-0.2, 0) is 17.8 Å². The van der Waals surface area contributed by atoms with Crippen LogP contribution in [0.15, 0.2) is 18.2 Å². The van der Waals surface area contributed by atoms with Gasteiger partial charge in [0.2, 0.25) is 5.91 Å². The van der Waals surface area contributed by atoms with Gasteiger partial charge in [-0.1, -0.05) is 0 Å². The molecule has 3 heterocycles. The average molecular weight is 327 g/mol. The molecule has 1 atom stereocenters. The number of nitrogens with one attached hydrogen (secondary N) is 1. The number of rotatable bonds is 3. The van der Waals surface area contributed by atoms with E-state index in [1.807, 2.05) is 18.2 Å². The number of amides is 1. The van der Waals surface area contributed by atoms with Crippen molar-refractivity contribution < 1.29 is 14.3 Å². The molecule has 6 nitrogen and oxygen atoms in total. The Morgan fingerprint density at radius 1 is 1.17 bits per heavy atom. The molecule has 0 saturated carbocycles. The lowest BCUT2D eigenvalue weighted by Gasteiger charge is -2.24. The zero-order valence-electron chi connectivity index (χ0n) is 14.0. The highest BCUT2D eigenvalue weighted by Gasteiger charge is 2.33. The van der Waals surface area contributed by atoms with Gasteiger partial charge in [0.05, 0.1) is 19.9 Å². The number of fused-ring (bicyclic) bond motifs is 3. The van der Waals surface area contributed by atoms with Crippen molar-refractivity contribution in [1.82, 2.24) is 9.55 Å². The summed E-state index contributed by atoms with van der Waals surface area (Å²) in [5.74, 6) is 3.35. The first-order valence-electron chi connectivity index (χ1n) is 8.31. The van der Waals surface area contributed by atoms with Gasteiger partial charge < -0.3 is 19.4 Å². The largest absolute Gasteiger partial charge is 0.497 e. The monoisotopic (exact) mass is 327 g/mol. The lowest BCUT2D eigenvalue weighted by molar-refractivity contribution is -0.116. The van der Waals surface area contributed by atoms with E-state index in [0.29, 0.717) is 6.42 Å². The van der Waals surface area contributed by atoms with Crippen molar-refractivity contribution >= 4 is 11.7 Å². The highest BCUT2D eigenvalue weighted by Crippen LogP contribution is 2.40. The van der Waals surface area contributed by atoms with Crippen LogP contribution in [0.2, 0.25) is 0 Å². The Bertz CT molecular complexity index is 775. The molecule has 0 aliphatic carbocycles. The molecule has 6 heteroatoms. The molecule has 1 aromatic carbocycles. The summed E-state index contributed by atoms with van der Waals surface area (Å²) < 4.78 is 12.9. The molecule has 2 aromatic rings. The van der Waals surface area contributed by atoms with Gasteiger partial charge in [0.25, 0.3) is 0 Å². The van der Waals surface area contributed by atoms with Gasteiger partial charge in [0, 0.05) is 31.4 Å². The molecular formula is C18H21N3O3. The molecule has 4 rings (SSSR count). The third kappa shape index (κ3) is 2.42. The molecule has 24 heavy (non-hydrogen) atoms. The third-order valence-corrected chi connectivity index (χ3v) is 4.86. The van der Waals surface area contributed by atoms with Crippen molar-refractivity contribution in [1.29, 1.82) is 0 Å². The second kappa shape index (κ2) is 5.85. The molecule has 2 aliphatic rings. The van der Waals surface area contributed by atoms with Crippen LogP contribution >= 0.6 is 0 Å². The smallest absolute Gasteiger partial charge is 0.226 e. The van der Waals surface area contributed by atoms with Gasteiger partial charge in [0.1, 0.15) is 23.1 Å². The van der Waals surface area contributed by atoms with E-state index in [4.69, 9.17) is 14.5 Å². The zero-order chi connectivity index (χ0) is 16.7. The van der Waals surface area contributed by atoms with Crippen molar-refractivity contribution in [3.63, 3.8) is 0 Å². The molecule has 2 aliphatic heterocycles. The number of aryl methyl sites for hydroxylation is 1. The molecular weight excluding hydrogens is 306 g/mol. The highest BCUT2D eigenvalue weighted by molar-refractivity contribution is 5.94. The number of benzene rings is 1. The molecule has 0 spiro atoms. The van der Waals surface area contributed by atoms with Gasteiger partial charge in [-0.15, -0.1) is 0 Å². The number of methoxy groups -OCH3 is 2. The minimum atomic E-state index is -0.0733. The SMILES string of the molecule is COc1cc(OC)cc([C@H]2CC(=O)Nc3c2nc2n3CCCC2)c1. The molecule has 1 amide bonds. The number of imidazole rings is 1. The van der Waals surface area contributed by atoms with E-state index >= 15 is 0 Å². The van der Waals surface area contributed by atoms with Crippen molar-refractivity contribution in [2.45, 2.75) is 38.1 Å². The minimum Gasteiger partial charge on any atom is -0.497 e. The fourth-order valence-electron chi connectivity index (χ4n) is 3.65. The number of nitrogens with zero attached hydrogens (tertiary/aromatic N) is 2. The van der Waals surface area contributed by atoms with Crippen LogP contribution in [0.25, 0.3) is 0 Å². The third-order valence-electron chi connectivity index (χ3n) is 4.86. The maximum Gasteiger partial charge on any atom is 0.226 e. The minimum absolute atomic E-state index is 0.0301. The summed E-state index contributed by atoms with van der Waals surface area (Å²) in [6.07, 6.45) is 3.64. The summed E-state index contributed by atoms with van der Waals surface area (Å²) in [6, 6.07) is 5.77. The first-order valence-corrected chi connectivity index (χ1v) is 8.31. The standard InChI is InChI=1S/C18H21N3O3/c1-23-12-7-11(8-13(9-12)24-2)14-10-16(22)20-18-17(14)19-15-5-3-4-6-21(15)18/h7-9,14H,3-6,10H2,1-2H3,(H,20,22)/t14-/m1/s1. The van der Waals surface area contributed by atoms with Crippen molar-refractivity contribution in [2.75, 3.05) is 19.5 Å². The lowest BCUT2D eigenvalue weighted by atomic mass is 9.89. The van der Waals surface area contributed by atoms with Crippen molar-refractivity contribution in [3.05, 3.63) is 35.3 Å². The number of hydrogen-bond acceptors (Lipinski definition) is 4. The maximum atomic E-state index is 12.3. The van der Waals surface area contributed by atoms with Crippen LogP contribution < -0.4 is 14.8 Å². The molecule has 0 saturated heterocycles. The second-order valence-electron chi connectivity index (χ2n) is 6.32. The number of anilines is 1. The molecule has 0 unspecified atom stereocenters. The van der Waals surface area contributed by atoms with Crippen LogP contribution in [0.1, 0.15) is 42.3 Å². The van der Waals surface area contributed by atoms with Gasteiger partial charge in [-0.3, -0.25) is 4.79 Å². The predicted octanol–water partition coefficient (Wildman–Crippen LogP) is 2.71. The van der Waals surface area contributed by atoms with E-state index in [2.05, 4.69) is 9.88 Å². The Morgan fingerprint density at radius 3 is 2.62 bits per heavy atom. The molecule has 0 bridgehead atoms. The fourth-order valence-corrected chi connectivity index (χ4v) is 3.65. The number of ether oxygens (including phenoxy) is 2. The average Bonchev–Trinajstić information content (AvgIpc) is 2.99. The fraction of sp³-hybridized carbons (Fsp3) is 0.444. The summed E-state index contributed by atoms with van der Waals surface area (Å²) >= 11 is 0. The Morgan fingerprint density at radius 2 is 1.92 bits per heavy atom. The first kappa shape index (κ1) is 15.1. The Hall–Kier alpha value is -2.50. The normalized spacial score (nSPS) is 19.2. The predicted molar refractivity (Wildman–Crippen MR) is 89.8 cm³/mol. The van der Waals surface area contributed by atoms with E-state index < -0.39 is 0 Å². The number of aromatic nitrogens is 2. The molecule has 1 aromatic heterocycles. The highest BCUT2D eigenvalue weighted by atomic mass is 16.5. The molecule has 1 N–H and O–H groups in total. The Labute approximate surface area is 140 Å². The van der Waals surface area contributed by atoms with Gasteiger partial charge >= 0.3 is 0 Å². The van der Waals surface area contributed by atoms with Crippen LogP contribution in [0.4, 0.5) is 5.82 Å². The van der Waals surface area contributed by atoms with E-state index in [9.17, 15) is 4.79 Å². The summed E-state index contributed by atoms with van der Waals surface area (Å²) in [7, 11) is 3.26. The van der Waals surface area contributed by atoms with Gasteiger partial charge in [0.15, 0.2) is 0 Å². The Balaban J connectivity index is 1.83. The van der Waals surface area contributed by atoms with Gasteiger partial charge in [-0.05, 0) is 30.5 Å². The van der Waals surface area contributed by atoms with Crippen LogP contribution in [0, 0.1) is 0 Å². The molecule has 126 valence electrons. The number of hydrogen-bond donors (Lipinski definition) is 1. The van der Waals surface area contributed by atoms with E-state index in [0.717, 1.165) is 60.2 Å². The van der Waals surface area contributed by atoms with Crippen molar-refractivity contribution in [2.24, 2.45) is 0 Å². The summed E-state index contributed by atoms with van der Waals surface area (Å²) in [4.78, 5) is 17.1. The number of carbonyl (C=O) groups is 1. The van der Waals surface area contributed by atoms with Gasteiger partial charge in [-0.2, -0.15) is 0 Å². The topological polar surface area (TPSA) is 65.4 Å². The maximum absolute atomic E-state index is 12.3. The molecule has 0 fully saturated rings. The first-order chi connectivity index (χ1) is 11.7. The summed E-state index contributed by atoms with van der Waals surface area (Å²) in [6.45, 7) is 0.923. The lowest BCUT2D eigenvalue weighted by Crippen LogP contribution is -2.25. The molecule has 0 radical (unpaired) electrons. The van der Waals surface area contributed by atoms with Crippen LogP contribution in [0.5, 0.6) is 11.5 Å². The summed E-state index contributed by atoms with van der Waals surface area (Å²) in [5, 5.41) is 3.02. The summed E-state index contributed by atoms with van der Waals surface area (Å²) in [5.41, 5.74) is 1.96. The second-order valence-corrected chi connectivity index (χ2v) is 6.32. The van der Waals surface area contributed by atoms with Crippen LogP contribution in [0.3, 0.4) is 0 Å². The van der Waals surface area contributed by atoms with E-state index in [1.54, 1.807) is 14.2 Å². The van der Waals surface area contributed by atoms with E-state index in [1.165, 1.54) is 0 Å². The van der Waals surface area contributed by atoms with Gasteiger partial charge in [-0.25, -0.2) is 4.98 Å². The van der Waals surface area contributed by atoms with E-state index in [-0.39, 0.29) is 11.8 Å². The van der Waals surface area contributed by atoms with Crippen molar-refractivity contribution in [3.8, 4) is 11.5 Å². The Kier molecular flexibility index (Phi) is 3.67. The zero-order valence-corrected chi connectivity index (χ0v) is 14.0. The quantitative estimate of drug-likeness (QED) is 0.941. The number of carbonyl (C=O) groups excluding carboxylic acids is 1. The van der Waals surface area contributed by atoms with Crippen LogP contribution in [-0.4, -0.2) is 29.7 Å².